The number of rotatable bonds is 4. The number of hydrogen-bond donors (Lipinski definition) is 3. The van der Waals surface area contributed by atoms with Gasteiger partial charge >= 0.3 is 0 Å². The molecule has 0 saturated carbocycles. The molecule has 0 aliphatic rings. The van der Waals surface area contributed by atoms with Crippen molar-refractivity contribution in [2.45, 2.75) is 6.43 Å². The lowest BCUT2D eigenvalue weighted by Crippen LogP contribution is -2.42. The molecule has 0 bridgehead atoms. The summed E-state index contributed by atoms with van der Waals surface area (Å²) >= 11 is 0. The lowest BCUT2D eigenvalue weighted by molar-refractivity contribution is 0.106. The van der Waals surface area contributed by atoms with E-state index in [1.165, 1.54) is 0 Å². The Kier molecular flexibility index (Phi) is 5.02. The molecule has 0 aromatic rings. The van der Waals surface area contributed by atoms with Crippen LogP contribution >= 0.6 is 0 Å². The first kappa shape index (κ1) is 10.9. The van der Waals surface area contributed by atoms with Crippen LogP contribution in [0.3, 0.4) is 0 Å². The van der Waals surface area contributed by atoms with Gasteiger partial charge in [-0.1, -0.05) is 5.16 Å². The van der Waals surface area contributed by atoms with Gasteiger partial charge in [0.15, 0.2) is 0 Å². The Bertz CT molecular complexity index is 154. The Morgan fingerprint density at radius 3 is 2.50 bits per heavy atom. The summed E-state index contributed by atoms with van der Waals surface area (Å²) in [6, 6.07) is 0. The normalized spacial score (nSPS) is 12.2. The summed E-state index contributed by atoms with van der Waals surface area (Å²) in [5, 5.41) is 19.1. The van der Waals surface area contributed by atoms with Crippen molar-refractivity contribution >= 4 is 5.96 Å². The third-order valence-corrected chi connectivity index (χ3v) is 1.15. The zero-order valence-electron chi connectivity index (χ0n) is 6.32. The standard InChI is InChI=1S/C5H11F2N3O2/c6-4(7)3-10(1-2-11)5(8)9-12/h4,11-12H,1-3H2,(H2,8,9). The number of halogens is 2. The van der Waals surface area contributed by atoms with E-state index in [9.17, 15) is 8.78 Å². The maximum Gasteiger partial charge on any atom is 0.255 e. The number of aliphatic hydroxyl groups excluding tert-OH is 1. The van der Waals surface area contributed by atoms with Crippen LogP contribution in [-0.2, 0) is 0 Å². The molecule has 0 atom stereocenters. The molecule has 0 aliphatic heterocycles. The lowest BCUT2D eigenvalue weighted by atomic mass is 10.5. The van der Waals surface area contributed by atoms with Crippen LogP contribution in [-0.4, -0.2) is 47.3 Å². The van der Waals surface area contributed by atoms with Crippen molar-refractivity contribution in [1.82, 2.24) is 4.90 Å². The van der Waals surface area contributed by atoms with E-state index in [-0.39, 0.29) is 13.2 Å². The van der Waals surface area contributed by atoms with Crippen LogP contribution in [0.2, 0.25) is 0 Å². The molecule has 0 radical (unpaired) electrons. The summed E-state index contributed by atoms with van der Waals surface area (Å²) in [5.41, 5.74) is 5.03. The second kappa shape index (κ2) is 5.53. The van der Waals surface area contributed by atoms with Crippen LogP contribution in [0.1, 0.15) is 0 Å². The van der Waals surface area contributed by atoms with Gasteiger partial charge < -0.3 is 20.9 Å². The highest BCUT2D eigenvalue weighted by Gasteiger charge is 2.13. The molecule has 0 rings (SSSR count). The van der Waals surface area contributed by atoms with Crippen molar-refractivity contribution < 1.29 is 19.1 Å². The average molecular weight is 183 g/mol. The van der Waals surface area contributed by atoms with E-state index in [4.69, 9.17) is 16.0 Å². The molecule has 0 aromatic carbocycles. The van der Waals surface area contributed by atoms with Gasteiger partial charge in [-0.25, -0.2) is 8.78 Å². The fourth-order valence-electron chi connectivity index (χ4n) is 0.650. The topological polar surface area (TPSA) is 82.1 Å². The van der Waals surface area contributed by atoms with E-state index >= 15 is 0 Å². The summed E-state index contributed by atoms with van der Waals surface area (Å²) in [7, 11) is 0. The van der Waals surface area contributed by atoms with Gasteiger partial charge in [0.05, 0.1) is 13.2 Å². The molecule has 0 aromatic heterocycles. The number of guanidine groups is 1. The Morgan fingerprint density at radius 2 is 2.17 bits per heavy atom. The first-order valence-corrected chi connectivity index (χ1v) is 3.23. The van der Waals surface area contributed by atoms with Crippen molar-refractivity contribution in [2.24, 2.45) is 10.9 Å². The van der Waals surface area contributed by atoms with E-state index in [0.717, 1.165) is 4.90 Å². The van der Waals surface area contributed by atoms with E-state index in [1.54, 1.807) is 0 Å². The fraction of sp³-hybridized carbons (Fsp3) is 0.800. The monoisotopic (exact) mass is 183 g/mol. The largest absolute Gasteiger partial charge is 0.408 e. The lowest BCUT2D eigenvalue weighted by Gasteiger charge is -2.20. The smallest absolute Gasteiger partial charge is 0.255 e. The SMILES string of the molecule is NC(=NO)N(CCO)CC(F)F. The predicted molar refractivity (Wildman–Crippen MR) is 38.1 cm³/mol. The van der Waals surface area contributed by atoms with Crippen LogP contribution in [0.25, 0.3) is 0 Å². The molecule has 12 heavy (non-hydrogen) atoms. The molecule has 5 nitrogen and oxygen atoms in total. The molecular weight excluding hydrogens is 172 g/mol. The van der Waals surface area contributed by atoms with Gasteiger partial charge in [-0.05, 0) is 0 Å². The highest BCUT2D eigenvalue weighted by atomic mass is 19.3. The van der Waals surface area contributed by atoms with Crippen LogP contribution < -0.4 is 5.73 Å². The van der Waals surface area contributed by atoms with Crippen molar-refractivity contribution in [3.63, 3.8) is 0 Å². The Morgan fingerprint density at radius 1 is 1.58 bits per heavy atom. The molecular formula is C5H11F2N3O2. The fourth-order valence-corrected chi connectivity index (χ4v) is 0.650. The Balaban J connectivity index is 4.03. The molecule has 0 heterocycles. The van der Waals surface area contributed by atoms with Gasteiger partial charge in [-0.2, -0.15) is 0 Å². The summed E-state index contributed by atoms with van der Waals surface area (Å²) < 4.78 is 23.6. The molecule has 0 saturated heterocycles. The average Bonchev–Trinajstić information content (AvgIpc) is 2.01. The van der Waals surface area contributed by atoms with E-state index in [1.807, 2.05) is 0 Å². The highest BCUT2D eigenvalue weighted by molar-refractivity contribution is 5.77. The Hall–Kier alpha value is -1.11. The highest BCUT2D eigenvalue weighted by Crippen LogP contribution is 1.97. The van der Waals surface area contributed by atoms with Crippen molar-refractivity contribution in [3.8, 4) is 0 Å². The van der Waals surface area contributed by atoms with Gasteiger partial charge in [-0.15, -0.1) is 0 Å². The summed E-state index contributed by atoms with van der Waals surface area (Å²) in [6.07, 6.45) is -2.59. The zero-order valence-corrected chi connectivity index (χ0v) is 6.32. The molecule has 72 valence electrons. The maximum absolute atomic E-state index is 11.8. The second-order valence-electron chi connectivity index (χ2n) is 2.02. The van der Waals surface area contributed by atoms with Gasteiger partial charge in [0, 0.05) is 6.54 Å². The minimum Gasteiger partial charge on any atom is -0.408 e. The van der Waals surface area contributed by atoms with Gasteiger partial charge in [-0.3, -0.25) is 0 Å². The number of aliphatic hydroxyl groups is 1. The summed E-state index contributed by atoms with van der Waals surface area (Å²) in [4.78, 5) is 0.880. The van der Waals surface area contributed by atoms with Crippen LogP contribution in [0.4, 0.5) is 8.78 Å². The summed E-state index contributed by atoms with van der Waals surface area (Å²) in [5.74, 6) is -0.427. The molecule has 0 fully saturated rings. The minimum absolute atomic E-state index is 0.0831. The van der Waals surface area contributed by atoms with Crippen LogP contribution in [0.15, 0.2) is 5.16 Å². The van der Waals surface area contributed by atoms with Crippen LogP contribution in [0.5, 0.6) is 0 Å². The molecule has 7 heteroatoms. The maximum atomic E-state index is 11.8. The third-order valence-electron chi connectivity index (χ3n) is 1.15. The first-order valence-electron chi connectivity index (χ1n) is 3.23. The summed E-state index contributed by atoms with van der Waals surface area (Å²) in [6.45, 7) is -1.07. The first-order chi connectivity index (χ1) is 5.61. The van der Waals surface area contributed by atoms with Crippen molar-refractivity contribution in [2.75, 3.05) is 19.7 Å². The minimum atomic E-state index is -2.59. The van der Waals surface area contributed by atoms with Crippen LogP contribution in [0, 0.1) is 0 Å². The van der Waals surface area contributed by atoms with Gasteiger partial charge in [0.1, 0.15) is 0 Å². The second-order valence-corrected chi connectivity index (χ2v) is 2.02. The quantitative estimate of drug-likeness (QED) is 0.232. The zero-order chi connectivity index (χ0) is 9.56. The molecule has 4 N–H and O–H groups in total. The van der Waals surface area contributed by atoms with E-state index in [0.29, 0.717) is 0 Å². The number of alkyl halides is 2. The molecule has 0 spiro atoms. The number of nitrogens with two attached hydrogens (primary N) is 1. The number of nitrogens with zero attached hydrogens (tertiary/aromatic N) is 2. The molecule has 0 aliphatic carbocycles. The molecule has 0 amide bonds. The number of hydrogen-bond acceptors (Lipinski definition) is 3. The Labute approximate surface area is 68.1 Å². The number of oxime groups is 1. The van der Waals surface area contributed by atoms with E-state index < -0.39 is 18.9 Å². The van der Waals surface area contributed by atoms with E-state index in [2.05, 4.69) is 5.16 Å². The van der Waals surface area contributed by atoms with Gasteiger partial charge in [0.25, 0.3) is 6.43 Å². The van der Waals surface area contributed by atoms with Gasteiger partial charge in [0.2, 0.25) is 5.96 Å². The molecule has 0 unspecified atom stereocenters. The predicted octanol–water partition coefficient (Wildman–Crippen LogP) is -0.750. The van der Waals surface area contributed by atoms with Crippen molar-refractivity contribution in [1.29, 1.82) is 0 Å². The van der Waals surface area contributed by atoms with Crippen molar-refractivity contribution in [3.05, 3.63) is 0 Å². The third kappa shape index (κ3) is 3.91.